The molecule has 11 heteroatoms. The van der Waals surface area contributed by atoms with E-state index in [2.05, 4.69) is 4.94 Å². The van der Waals surface area contributed by atoms with Gasteiger partial charge in [0.25, 0.3) is 0 Å². The van der Waals surface area contributed by atoms with Crippen molar-refractivity contribution in [1.82, 2.24) is 18.5 Å². The zero-order valence-corrected chi connectivity index (χ0v) is 9.49. The predicted octanol–water partition coefficient (Wildman–Crippen LogP) is 0.0823. The van der Waals surface area contributed by atoms with Crippen LogP contribution >= 0.6 is 0 Å². The van der Waals surface area contributed by atoms with Gasteiger partial charge < -0.3 is 38.6 Å². The number of benzene rings is 1. The number of para-hydroxylation sites is 1. The molecule has 9 nitrogen and oxygen atoms in total. The zero-order chi connectivity index (χ0) is 11.8. The van der Waals surface area contributed by atoms with E-state index in [1.165, 1.54) is 24.3 Å². The summed E-state index contributed by atoms with van der Waals surface area (Å²) in [6.07, 6.45) is 0. The lowest BCUT2D eigenvalue weighted by Gasteiger charge is -1.97. The molecule has 13 N–H and O–H groups in total. The van der Waals surface area contributed by atoms with Crippen molar-refractivity contribution < 1.29 is 34.4 Å². The maximum Gasteiger partial charge on any atom is 0.631 e. The highest BCUT2D eigenvalue weighted by Gasteiger charge is 2.09. The molecule has 106 valence electrons. The Bertz CT molecular complexity index is 327. The molecule has 0 heterocycles. The number of carboxylic acids is 1. The van der Waals surface area contributed by atoms with Gasteiger partial charge in [-0.05, 0) is 12.1 Å². The molecule has 0 spiro atoms. The predicted molar refractivity (Wildman–Crippen MR) is 62.6 cm³/mol. The minimum Gasteiger partial charge on any atom is -0.478 e. The number of carboxylic acid groups (broad SMARTS) is 1. The van der Waals surface area contributed by atoms with Gasteiger partial charge >= 0.3 is 13.3 Å². The Balaban J connectivity index is -0.000000125. The van der Waals surface area contributed by atoms with Gasteiger partial charge in [0, 0.05) is 4.53 Å². The van der Waals surface area contributed by atoms with Crippen LogP contribution in [-0.2, 0) is 0 Å². The molecular formula is C7H17BFN3O6. The van der Waals surface area contributed by atoms with Gasteiger partial charge in [0.15, 0.2) is 5.75 Å². The molecule has 0 radical (unpaired) electrons. The van der Waals surface area contributed by atoms with Crippen LogP contribution in [0.25, 0.3) is 0 Å². The Morgan fingerprint density at radius 3 is 1.78 bits per heavy atom. The molecule has 0 atom stereocenters. The highest BCUT2D eigenvalue weighted by atomic mass is 19.3. The van der Waals surface area contributed by atoms with Crippen LogP contribution in [0.3, 0.4) is 0 Å². The molecular weight excluding hydrogens is 252 g/mol. The minimum absolute atomic E-state index is 0. The van der Waals surface area contributed by atoms with Crippen molar-refractivity contribution in [3.63, 3.8) is 0 Å². The summed E-state index contributed by atoms with van der Waals surface area (Å²) in [5.41, 5.74) is -0.185. The summed E-state index contributed by atoms with van der Waals surface area (Å²) in [6.45, 7) is 0. The monoisotopic (exact) mass is 269 g/mol. The third-order valence-electron chi connectivity index (χ3n) is 1.20. The fraction of sp³-hybridized carbons (Fsp3) is 0. The van der Waals surface area contributed by atoms with Crippen LogP contribution in [0.2, 0.25) is 0 Å². The van der Waals surface area contributed by atoms with E-state index < -0.39 is 13.3 Å². The first kappa shape index (κ1) is 25.2. The average Bonchev–Trinajstić information content (AvgIpc) is 2.16. The van der Waals surface area contributed by atoms with Gasteiger partial charge in [0.05, 0.1) is 0 Å². The van der Waals surface area contributed by atoms with Crippen molar-refractivity contribution >= 4 is 13.3 Å². The molecule has 0 saturated carbocycles. The fourth-order valence-electron chi connectivity index (χ4n) is 0.711. The van der Waals surface area contributed by atoms with Gasteiger partial charge in [-0.2, -0.15) is 0 Å². The molecule has 0 amide bonds. The van der Waals surface area contributed by atoms with E-state index in [-0.39, 0.29) is 29.8 Å². The maximum atomic E-state index is 11.6. The summed E-state index contributed by atoms with van der Waals surface area (Å²) in [7, 11) is -2.17. The molecule has 1 aromatic rings. The lowest BCUT2D eigenvalue weighted by molar-refractivity contribution is -0.00781. The molecule has 0 aliphatic rings. The first-order valence-corrected chi connectivity index (χ1v) is 3.64. The summed E-state index contributed by atoms with van der Waals surface area (Å²) in [5, 5.41) is 30.0. The van der Waals surface area contributed by atoms with E-state index in [1.807, 2.05) is 0 Å². The largest absolute Gasteiger partial charge is 0.631 e. The first-order valence-electron chi connectivity index (χ1n) is 3.64. The van der Waals surface area contributed by atoms with Crippen LogP contribution < -0.4 is 23.4 Å². The number of hydrogen-bond acceptors (Lipinski definition) is 8. The van der Waals surface area contributed by atoms with Crippen LogP contribution in [0.1, 0.15) is 10.4 Å². The van der Waals surface area contributed by atoms with Gasteiger partial charge in [0.2, 0.25) is 0 Å². The van der Waals surface area contributed by atoms with Gasteiger partial charge in [0.1, 0.15) is 5.56 Å². The van der Waals surface area contributed by atoms with Crippen LogP contribution in [0.4, 0.5) is 4.53 Å². The Morgan fingerprint density at radius 2 is 1.50 bits per heavy atom. The second kappa shape index (κ2) is 13.3. The highest BCUT2D eigenvalue weighted by molar-refractivity contribution is 6.30. The van der Waals surface area contributed by atoms with E-state index in [0.717, 1.165) is 0 Å². The minimum atomic E-state index is -2.17. The smallest absolute Gasteiger partial charge is 0.478 e. The Labute approximate surface area is 103 Å². The van der Waals surface area contributed by atoms with Crippen LogP contribution in [0.15, 0.2) is 24.3 Å². The van der Waals surface area contributed by atoms with E-state index in [4.69, 9.17) is 20.2 Å². The summed E-state index contributed by atoms with van der Waals surface area (Å²) >= 11 is 0. The van der Waals surface area contributed by atoms with E-state index in [9.17, 15) is 9.32 Å². The SMILES string of the molecule is N.N.N.O=C(O)c1ccccc1OF.OB(O)O. The van der Waals surface area contributed by atoms with Crippen LogP contribution in [-0.4, -0.2) is 33.5 Å². The molecule has 0 saturated heterocycles. The van der Waals surface area contributed by atoms with Gasteiger partial charge in [-0.25, -0.2) is 4.79 Å². The normalized spacial score (nSPS) is 7.11. The van der Waals surface area contributed by atoms with Crippen LogP contribution in [0.5, 0.6) is 5.75 Å². The molecule has 18 heavy (non-hydrogen) atoms. The van der Waals surface area contributed by atoms with Gasteiger partial charge in [-0.1, -0.05) is 12.1 Å². The third kappa shape index (κ3) is 10.8. The standard InChI is InChI=1S/C7H5FO3.BH3O3.3H3N/c8-11-6-4-2-1-3-5(6)7(9)10;2-1(3)4;;;/h1-4H,(H,9,10);2-4H;3*1H3. The van der Waals surface area contributed by atoms with E-state index in [1.54, 1.807) is 0 Å². The van der Waals surface area contributed by atoms with E-state index in [0.29, 0.717) is 0 Å². The molecule has 0 fully saturated rings. The summed E-state index contributed by atoms with van der Waals surface area (Å²) < 4.78 is 11.6. The van der Waals surface area contributed by atoms with Crippen molar-refractivity contribution in [2.75, 3.05) is 0 Å². The Hall–Kier alpha value is -1.76. The molecule has 0 unspecified atom stereocenters. The second-order valence-electron chi connectivity index (χ2n) is 2.22. The quantitative estimate of drug-likeness (QED) is 0.361. The molecule has 1 rings (SSSR count). The Morgan fingerprint density at radius 1 is 1.11 bits per heavy atom. The molecule has 0 bridgehead atoms. The van der Waals surface area contributed by atoms with Crippen molar-refractivity contribution in [2.45, 2.75) is 0 Å². The number of aromatic carboxylic acids is 1. The molecule has 0 aliphatic carbocycles. The lowest BCUT2D eigenvalue weighted by Crippen LogP contribution is -2.07. The maximum absolute atomic E-state index is 11.6. The molecule has 1 aromatic carbocycles. The summed E-state index contributed by atoms with van der Waals surface area (Å²) in [5.74, 6) is -1.49. The number of hydrogen-bond donors (Lipinski definition) is 7. The van der Waals surface area contributed by atoms with Crippen molar-refractivity contribution in [3.8, 4) is 5.75 Å². The fourth-order valence-corrected chi connectivity index (χ4v) is 0.711. The highest BCUT2D eigenvalue weighted by Crippen LogP contribution is 2.17. The van der Waals surface area contributed by atoms with E-state index >= 15 is 0 Å². The van der Waals surface area contributed by atoms with Crippen molar-refractivity contribution in [3.05, 3.63) is 29.8 Å². The Kier molecular flexibility index (Phi) is 18.6. The topological polar surface area (TPSA) is 212 Å². The summed E-state index contributed by atoms with van der Waals surface area (Å²) in [4.78, 5) is 13.7. The number of carbonyl (C=O) groups is 1. The third-order valence-corrected chi connectivity index (χ3v) is 1.20. The molecule has 0 aromatic heterocycles. The second-order valence-corrected chi connectivity index (χ2v) is 2.22. The zero-order valence-electron chi connectivity index (χ0n) is 9.49. The van der Waals surface area contributed by atoms with Crippen molar-refractivity contribution in [2.24, 2.45) is 0 Å². The van der Waals surface area contributed by atoms with Gasteiger partial charge in [-0.15, -0.1) is 0 Å². The summed E-state index contributed by atoms with van der Waals surface area (Å²) in [6, 6.07) is 5.48. The van der Waals surface area contributed by atoms with Crippen molar-refractivity contribution in [1.29, 1.82) is 0 Å². The first-order chi connectivity index (χ1) is 6.99. The lowest BCUT2D eigenvalue weighted by atomic mass is 10.2. The average molecular weight is 269 g/mol. The number of rotatable bonds is 2. The molecule has 0 aliphatic heterocycles. The van der Waals surface area contributed by atoms with Crippen LogP contribution in [0, 0.1) is 0 Å². The van der Waals surface area contributed by atoms with Gasteiger partial charge in [-0.3, -0.25) is 4.94 Å². The number of halogens is 1.